The van der Waals surface area contributed by atoms with Gasteiger partial charge in [0.2, 0.25) is 5.91 Å². The highest BCUT2D eigenvalue weighted by Crippen LogP contribution is 2.43. The molecule has 3 unspecified atom stereocenters. The number of rotatable bonds is 3. The number of hydrogen-bond donors (Lipinski definition) is 1. The number of hydrogen-bond acceptors (Lipinski definition) is 2. The van der Waals surface area contributed by atoms with Crippen molar-refractivity contribution in [3.05, 3.63) is 0 Å². The first kappa shape index (κ1) is 16.3. The molecule has 3 nitrogen and oxygen atoms in total. The Morgan fingerprint density at radius 3 is 2.41 bits per heavy atom. The summed E-state index contributed by atoms with van der Waals surface area (Å²) in [5.41, 5.74) is 6.39. The van der Waals surface area contributed by atoms with Gasteiger partial charge < -0.3 is 10.6 Å². The van der Waals surface area contributed by atoms with Gasteiger partial charge in [0, 0.05) is 24.5 Å². The number of nitrogens with two attached hydrogens (primary N) is 1. The molecular formula is C19H34N2O. The van der Waals surface area contributed by atoms with Crippen molar-refractivity contribution >= 4 is 5.91 Å². The van der Waals surface area contributed by atoms with Crippen LogP contribution in [0.3, 0.4) is 0 Å². The fourth-order valence-electron chi connectivity index (χ4n) is 5.31. The first-order valence-corrected chi connectivity index (χ1v) is 9.62. The van der Waals surface area contributed by atoms with Crippen LogP contribution < -0.4 is 5.73 Å². The van der Waals surface area contributed by atoms with Crippen molar-refractivity contribution in [1.29, 1.82) is 0 Å². The van der Waals surface area contributed by atoms with Gasteiger partial charge in [-0.05, 0) is 69.1 Å². The highest BCUT2D eigenvalue weighted by atomic mass is 16.2. The van der Waals surface area contributed by atoms with Crippen molar-refractivity contribution in [2.45, 2.75) is 83.7 Å². The third-order valence-corrected chi connectivity index (χ3v) is 6.42. The molecule has 3 atom stereocenters. The van der Waals surface area contributed by atoms with E-state index in [1.54, 1.807) is 0 Å². The zero-order valence-electron chi connectivity index (χ0n) is 14.5. The van der Waals surface area contributed by atoms with Crippen LogP contribution in [-0.4, -0.2) is 29.4 Å². The summed E-state index contributed by atoms with van der Waals surface area (Å²) in [6.45, 7) is 5.55. The molecule has 2 aliphatic carbocycles. The molecule has 3 fully saturated rings. The van der Waals surface area contributed by atoms with Crippen molar-refractivity contribution in [3.8, 4) is 0 Å². The highest BCUT2D eigenvalue weighted by molar-refractivity contribution is 5.79. The Hall–Kier alpha value is -0.570. The number of likely N-dealkylation sites (tertiary alicyclic amines) is 1. The lowest BCUT2D eigenvalue weighted by molar-refractivity contribution is -0.142. The Kier molecular flexibility index (Phi) is 5.11. The van der Waals surface area contributed by atoms with Gasteiger partial charge in [-0.1, -0.05) is 20.3 Å². The smallest absolute Gasteiger partial charge is 0.225 e. The van der Waals surface area contributed by atoms with E-state index in [1.807, 2.05) is 0 Å². The molecule has 2 bridgehead atoms. The Morgan fingerprint density at radius 1 is 1.09 bits per heavy atom. The van der Waals surface area contributed by atoms with E-state index in [1.165, 1.54) is 44.9 Å². The van der Waals surface area contributed by atoms with Gasteiger partial charge >= 0.3 is 0 Å². The van der Waals surface area contributed by atoms with Crippen molar-refractivity contribution in [3.63, 3.8) is 0 Å². The van der Waals surface area contributed by atoms with Gasteiger partial charge in [-0.3, -0.25) is 4.79 Å². The lowest BCUT2D eigenvalue weighted by Gasteiger charge is -2.46. The summed E-state index contributed by atoms with van der Waals surface area (Å²) < 4.78 is 0. The predicted octanol–water partition coefficient (Wildman–Crippen LogP) is 3.57. The van der Waals surface area contributed by atoms with Crippen LogP contribution in [-0.2, 0) is 4.79 Å². The van der Waals surface area contributed by atoms with Gasteiger partial charge in [0.05, 0.1) is 0 Å². The number of nitrogens with zero attached hydrogens (tertiary/aromatic N) is 1. The number of amides is 1. The fourth-order valence-corrected chi connectivity index (χ4v) is 5.31. The molecule has 0 spiro atoms. The Morgan fingerprint density at radius 2 is 1.77 bits per heavy atom. The zero-order valence-corrected chi connectivity index (χ0v) is 14.5. The standard InChI is InChI=1S/C19H34N2O/c1-13(2)10-17-8-3-4-9-21(17)19(22)16-11-14-6-5-7-15(12-16)18(14)20/h13-18H,3-12,20H2,1-2H3. The number of carbonyl (C=O) groups excluding carboxylic acids is 1. The van der Waals surface area contributed by atoms with E-state index in [0.29, 0.717) is 35.7 Å². The van der Waals surface area contributed by atoms with E-state index in [-0.39, 0.29) is 5.92 Å². The first-order valence-electron chi connectivity index (χ1n) is 9.62. The van der Waals surface area contributed by atoms with Crippen LogP contribution in [0.5, 0.6) is 0 Å². The van der Waals surface area contributed by atoms with E-state index < -0.39 is 0 Å². The molecule has 3 heteroatoms. The van der Waals surface area contributed by atoms with Crippen molar-refractivity contribution in [1.82, 2.24) is 4.90 Å². The minimum absolute atomic E-state index is 0.267. The van der Waals surface area contributed by atoms with Gasteiger partial charge in [-0.25, -0.2) is 0 Å². The molecule has 2 saturated carbocycles. The lowest BCUT2D eigenvalue weighted by atomic mass is 9.64. The second-order valence-corrected chi connectivity index (χ2v) is 8.51. The van der Waals surface area contributed by atoms with Gasteiger partial charge in [0.1, 0.15) is 0 Å². The van der Waals surface area contributed by atoms with E-state index in [2.05, 4.69) is 18.7 Å². The van der Waals surface area contributed by atoms with Crippen molar-refractivity contribution in [2.75, 3.05) is 6.54 Å². The third-order valence-electron chi connectivity index (χ3n) is 6.42. The summed E-state index contributed by atoms with van der Waals surface area (Å²) in [7, 11) is 0. The summed E-state index contributed by atoms with van der Waals surface area (Å²) in [6, 6.07) is 0.863. The zero-order chi connectivity index (χ0) is 15.7. The van der Waals surface area contributed by atoms with Crippen LogP contribution in [0.15, 0.2) is 0 Å². The number of piperidine rings is 1. The van der Waals surface area contributed by atoms with Crippen LogP contribution in [0.25, 0.3) is 0 Å². The molecule has 0 radical (unpaired) electrons. The second-order valence-electron chi connectivity index (χ2n) is 8.51. The molecule has 1 heterocycles. The van der Waals surface area contributed by atoms with E-state index in [9.17, 15) is 4.79 Å². The first-order chi connectivity index (χ1) is 10.6. The van der Waals surface area contributed by atoms with Crippen LogP contribution >= 0.6 is 0 Å². The van der Waals surface area contributed by atoms with Crippen LogP contribution in [0.2, 0.25) is 0 Å². The van der Waals surface area contributed by atoms with Crippen LogP contribution in [0.1, 0.15) is 71.6 Å². The third kappa shape index (κ3) is 3.34. The van der Waals surface area contributed by atoms with Crippen molar-refractivity contribution < 1.29 is 4.79 Å². The van der Waals surface area contributed by atoms with E-state index in [0.717, 1.165) is 19.4 Å². The highest BCUT2D eigenvalue weighted by Gasteiger charge is 2.42. The van der Waals surface area contributed by atoms with Gasteiger partial charge in [0.15, 0.2) is 0 Å². The SMILES string of the molecule is CC(C)CC1CCCCN1C(=O)C1CC2CCCC(C1)C2N. The van der Waals surface area contributed by atoms with Crippen molar-refractivity contribution in [2.24, 2.45) is 29.4 Å². The van der Waals surface area contributed by atoms with E-state index >= 15 is 0 Å². The molecule has 22 heavy (non-hydrogen) atoms. The molecular weight excluding hydrogens is 272 g/mol. The fraction of sp³-hybridized carbons (Fsp3) is 0.947. The van der Waals surface area contributed by atoms with Gasteiger partial charge in [-0.2, -0.15) is 0 Å². The molecule has 1 saturated heterocycles. The molecule has 3 aliphatic rings. The summed E-state index contributed by atoms with van der Waals surface area (Å²) in [5.74, 6) is 2.62. The quantitative estimate of drug-likeness (QED) is 0.866. The summed E-state index contributed by atoms with van der Waals surface area (Å²) in [5, 5.41) is 0. The van der Waals surface area contributed by atoms with Gasteiger partial charge in [-0.15, -0.1) is 0 Å². The average molecular weight is 306 g/mol. The molecule has 1 amide bonds. The minimum Gasteiger partial charge on any atom is -0.339 e. The normalized spacial score (nSPS) is 39.1. The maximum atomic E-state index is 13.2. The molecule has 1 aliphatic heterocycles. The summed E-state index contributed by atoms with van der Waals surface area (Å²) >= 11 is 0. The van der Waals surface area contributed by atoms with Gasteiger partial charge in [0.25, 0.3) is 0 Å². The molecule has 0 aromatic rings. The molecule has 3 rings (SSSR count). The Bertz CT molecular complexity index is 381. The summed E-state index contributed by atoms with van der Waals surface area (Å²) in [6.07, 6.45) is 10.8. The monoisotopic (exact) mass is 306 g/mol. The predicted molar refractivity (Wildman–Crippen MR) is 90.3 cm³/mol. The van der Waals surface area contributed by atoms with Crippen LogP contribution in [0, 0.1) is 23.7 Å². The molecule has 2 N–H and O–H groups in total. The molecule has 0 aromatic heterocycles. The van der Waals surface area contributed by atoms with Crippen LogP contribution in [0.4, 0.5) is 0 Å². The Balaban J connectivity index is 1.67. The number of fused-ring (bicyclic) bond motifs is 2. The molecule has 0 aromatic carbocycles. The maximum Gasteiger partial charge on any atom is 0.225 e. The lowest BCUT2D eigenvalue weighted by Crippen LogP contribution is -2.52. The Labute approximate surface area is 136 Å². The number of carbonyl (C=O) groups is 1. The van der Waals surface area contributed by atoms with E-state index in [4.69, 9.17) is 5.73 Å². The largest absolute Gasteiger partial charge is 0.339 e. The summed E-state index contributed by atoms with van der Waals surface area (Å²) in [4.78, 5) is 15.4. The minimum atomic E-state index is 0.267. The second kappa shape index (κ2) is 6.90. The molecule has 126 valence electrons. The topological polar surface area (TPSA) is 46.3 Å². The average Bonchev–Trinajstić information content (AvgIpc) is 2.46. The maximum absolute atomic E-state index is 13.2.